The second-order valence-electron chi connectivity index (χ2n) is 4.22. The quantitative estimate of drug-likeness (QED) is 0.691. The maximum Gasteiger partial charge on any atom is 0.333 e. The maximum absolute atomic E-state index is 10.9. The van der Waals surface area contributed by atoms with Gasteiger partial charge in [-0.3, -0.25) is 10.1 Å². The van der Waals surface area contributed by atoms with E-state index in [1.807, 2.05) is 25.1 Å². The number of halogens is 1. The summed E-state index contributed by atoms with van der Waals surface area (Å²) >= 11 is 6.11. The van der Waals surface area contributed by atoms with Crippen LogP contribution in [-0.2, 0) is 0 Å². The van der Waals surface area contributed by atoms with Crippen molar-refractivity contribution in [2.75, 3.05) is 5.73 Å². The number of rotatable bonds is 3. The van der Waals surface area contributed by atoms with Gasteiger partial charge in [-0.2, -0.15) is 5.10 Å². The highest BCUT2D eigenvalue weighted by atomic mass is 35.5. The topological polar surface area (TPSA) is 87.0 Å². The molecule has 1 heterocycles. The Bertz CT molecular complexity index is 639. The van der Waals surface area contributed by atoms with Crippen LogP contribution in [-0.4, -0.2) is 14.7 Å². The lowest BCUT2D eigenvalue weighted by Gasteiger charge is -2.15. The Morgan fingerprint density at radius 2 is 2.11 bits per heavy atom. The second kappa shape index (κ2) is 4.89. The zero-order chi connectivity index (χ0) is 14.2. The summed E-state index contributed by atoms with van der Waals surface area (Å²) in [6.45, 7) is 3.40. The summed E-state index contributed by atoms with van der Waals surface area (Å²) in [5.41, 5.74) is 6.76. The van der Waals surface area contributed by atoms with E-state index in [0.29, 0.717) is 10.7 Å². The number of hydrogen-bond acceptors (Lipinski definition) is 4. The van der Waals surface area contributed by atoms with Crippen molar-refractivity contribution < 1.29 is 4.92 Å². The van der Waals surface area contributed by atoms with E-state index in [1.54, 1.807) is 13.0 Å². The molecule has 2 rings (SSSR count). The van der Waals surface area contributed by atoms with E-state index < -0.39 is 4.92 Å². The summed E-state index contributed by atoms with van der Waals surface area (Å²) in [7, 11) is 0. The molecule has 0 saturated heterocycles. The lowest BCUT2D eigenvalue weighted by atomic mass is 10.1. The minimum absolute atomic E-state index is 0.0370. The molecule has 0 aliphatic heterocycles. The summed E-state index contributed by atoms with van der Waals surface area (Å²) in [5, 5.41) is 15.6. The Morgan fingerprint density at radius 3 is 2.63 bits per heavy atom. The number of nitro groups is 1. The molecule has 0 amide bonds. The van der Waals surface area contributed by atoms with Crippen molar-refractivity contribution in [3.05, 3.63) is 50.7 Å². The van der Waals surface area contributed by atoms with Gasteiger partial charge in [0.15, 0.2) is 0 Å². The first-order chi connectivity index (χ1) is 8.93. The molecular formula is C12H13ClN4O2. The van der Waals surface area contributed by atoms with Gasteiger partial charge in [0.05, 0.1) is 11.0 Å². The molecule has 0 fully saturated rings. The Hall–Kier alpha value is -2.08. The van der Waals surface area contributed by atoms with Gasteiger partial charge in [0.2, 0.25) is 5.82 Å². The predicted octanol–water partition coefficient (Wildman–Crippen LogP) is 2.94. The van der Waals surface area contributed by atoms with E-state index in [-0.39, 0.29) is 17.5 Å². The van der Waals surface area contributed by atoms with E-state index in [2.05, 4.69) is 5.10 Å². The van der Waals surface area contributed by atoms with Gasteiger partial charge in [-0.05, 0) is 25.5 Å². The van der Waals surface area contributed by atoms with Gasteiger partial charge < -0.3 is 5.73 Å². The average molecular weight is 281 g/mol. The van der Waals surface area contributed by atoms with Gasteiger partial charge in [0.25, 0.3) is 0 Å². The number of anilines is 1. The van der Waals surface area contributed by atoms with Crippen LogP contribution in [0.3, 0.4) is 0 Å². The average Bonchev–Trinajstić information content (AvgIpc) is 2.64. The van der Waals surface area contributed by atoms with E-state index in [0.717, 1.165) is 5.56 Å². The summed E-state index contributed by atoms with van der Waals surface area (Å²) < 4.78 is 1.43. The first-order valence-corrected chi connectivity index (χ1v) is 6.04. The van der Waals surface area contributed by atoms with Crippen LogP contribution in [0.15, 0.2) is 24.3 Å². The van der Waals surface area contributed by atoms with Crippen molar-refractivity contribution >= 4 is 23.1 Å². The Labute approximate surface area is 114 Å². The number of aryl methyl sites for hydroxylation is 1. The van der Waals surface area contributed by atoms with Gasteiger partial charge in [-0.15, -0.1) is 0 Å². The molecule has 0 spiro atoms. The van der Waals surface area contributed by atoms with E-state index in [4.69, 9.17) is 17.3 Å². The van der Waals surface area contributed by atoms with Crippen LogP contribution < -0.4 is 5.73 Å². The SMILES string of the molecule is Cc1nn(C(C)c2ccccc2Cl)c(N)c1[N+](=O)[O-]. The van der Waals surface area contributed by atoms with Crippen molar-refractivity contribution in [1.82, 2.24) is 9.78 Å². The molecule has 0 aliphatic carbocycles. The monoisotopic (exact) mass is 280 g/mol. The summed E-state index contributed by atoms with van der Waals surface area (Å²) in [4.78, 5) is 10.4. The lowest BCUT2D eigenvalue weighted by Crippen LogP contribution is -2.12. The molecule has 1 aromatic heterocycles. The maximum atomic E-state index is 10.9. The molecule has 19 heavy (non-hydrogen) atoms. The third kappa shape index (κ3) is 2.26. The number of benzene rings is 1. The summed E-state index contributed by atoms with van der Waals surface area (Å²) in [5.74, 6) is 0.0370. The van der Waals surface area contributed by atoms with Gasteiger partial charge in [-0.25, -0.2) is 4.68 Å². The first-order valence-electron chi connectivity index (χ1n) is 5.67. The Kier molecular flexibility index (Phi) is 3.44. The Balaban J connectivity index is 2.52. The Morgan fingerprint density at radius 1 is 1.47 bits per heavy atom. The molecule has 7 heteroatoms. The third-order valence-electron chi connectivity index (χ3n) is 2.99. The van der Waals surface area contributed by atoms with Crippen LogP contribution in [0.2, 0.25) is 5.02 Å². The standard InChI is InChI=1S/C12H13ClN4O2/c1-7-11(17(18)19)12(14)16(15-7)8(2)9-5-3-4-6-10(9)13/h3-6,8H,14H2,1-2H3. The van der Waals surface area contributed by atoms with Crippen LogP contribution >= 0.6 is 11.6 Å². The fraction of sp³-hybridized carbons (Fsp3) is 0.250. The van der Waals surface area contributed by atoms with Crippen molar-refractivity contribution in [2.45, 2.75) is 19.9 Å². The molecule has 0 saturated carbocycles. The van der Waals surface area contributed by atoms with Crippen molar-refractivity contribution in [2.24, 2.45) is 0 Å². The third-order valence-corrected chi connectivity index (χ3v) is 3.34. The highest BCUT2D eigenvalue weighted by Gasteiger charge is 2.26. The highest BCUT2D eigenvalue weighted by molar-refractivity contribution is 6.31. The van der Waals surface area contributed by atoms with Crippen LogP contribution in [0.4, 0.5) is 11.5 Å². The molecule has 2 aromatic rings. The zero-order valence-corrected chi connectivity index (χ0v) is 11.3. The van der Waals surface area contributed by atoms with Crippen LogP contribution in [0.25, 0.3) is 0 Å². The fourth-order valence-corrected chi connectivity index (χ4v) is 2.32. The van der Waals surface area contributed by atoms with Gasteiger partial charge in [0.1, 0.15) is 5.69 Å². The van der Waals surface area contributed by atoms with Crippen molar-refractivity contribution in [3.8, 4) is 0 Å². The first kappa shape index (κ1) is 13.4. The van der Waals surface area contributed by atoms with Crippen LogP contribution in [0.1, 0.15) is 24.2 Å². The normalized spacial score (nSPS) is 12.4. The molecule has 1 aromatic carbocycles. The van der Waals surface area contributed by atoms with E-state index in [9.17, 15) is 10.1 Å². The largest absolute Gasteiger partial charge is 0.378 e. The number of hydrogen-bond donors (Lipinski definition) is 1. The minimum atomic E-state index is -0.520. The smallest absolute Gasteiger partial charge is 0.333 e. The number of aromatic nitrogens is 2. The van der Waals surface area contributed by atoms with Gasteiger partial charge in [0, 0.05) is 5.02 Å². The zero-order valence-electron chi connectivity index (χ0n) is 10.5. The number of nitrogens with zero attached hydrogens (tertiary/aromatic N) is 3. The summed E-state index contributed by atoms with van der Waals surface area (Å²) in [6, 6.07) is 6.99. The number of nitrogens with two attached hydrogens (primary N) is 1. The molecule has 0 aliphatic rings. The lowest BCUT2D eigenvalue weighted by molar-refractivity contribution is -0.384. The molecule has 100 valence electrons. The molecule has 0 radical (unpaired) electrons. The van der Waals surface area contributed by atoms with Crippen molar-refractivity contribution in [3.63, 3.8) is 0 Å². The fourth-order valence-electron chi connectivity index (χ4n) is 2.02. The predicted molar refractivity (Wildman–Crippen MR) is 73.3 cm³/mol. The van der Waals surface area contributed by atoms with E-state index in [1.165, 1.54) is 4.68 Å². The molecular weight excluding hydrogens is 268 g/mol. The summed E-state index contributed by atoms with van der Waals surface area (Å²) in [6.07, 6.45) is 0. The number of nitrogen functional groups attached to an aromatic ring is 1. The molecule has 6 nitrogen and oxygen atoms in total. The van der Waals surface area contributed by atoms with Crippen molar-refractivity contribution in [1.29, 1.82) is 0 Å². The van der Waals surface area contributed by atoms with Crippen LogP contribution in [0, 0.1) is 17.0 Å². The minimum Gasteiger partial charge on any atom is -0.378 e. The van der Waals surface area contributed by atoms with E-state index >= 15 is 0 Å². The second-order valence-corrected chi connectivity index (χ2v) is 4.63. The van der Waals surface area contributed by atoms with Crippen LogP contribution in [0.5, 0.6) is 0 Å². The van der Waals surface area contributed by atoms with Gasteiger partial charge >= 0.3 is 5.69 Å². The molecule has 2 N–H and O–H groups in total. The molecule has 1 unspecified atom stereocenters. The molecule has 0 bridgehead atoms. The van der Waals surface area contributed by atoms with Gasteiger partial charge in [-0.1, -0.05) is 29.8 Å². The highest BCUT2D eigenvalue weighted by Crippen LogP contribution is 2.32. The molecule has 1 atom stereocenters.